The van der Waals surface area contributed by atoms with Crippen LogP contribution in [0.25, 0.3) is 0 Å². The molecular weight excluding hydrogens is 146 g/mol. The van der Waals surface area contributed by atoms with Gasteiger partial charge in [-0.15, -0.1) is 23.2 Å². The molecule has 4 heteroatoms. The van der Waals surface area contributed by atoms with E-state index in [1.165, 1.54) is 0 Å². The second-order valence-corrected chi connectivity index (χ2v) is 2.28. The van der Waals surface area contributed by atoms with Crippen molar-refractivity contribution in [2.75, 3.05) is 0 Å². The van der Waals surface area contributed by atoms with Crippen molar-refractivity contribution in [2.45, 2.75) is 10.4 Å². The molecule has 0 saturated carbocycles. The van der Waals surface area contributed by atoms with Crippen LogP contribution in [0.15, 0.2) is 0 Å². The molecule has 0 rings (SSSR count). The molecule has 0 fully saturated rings. The number of halogens is 3. The summed E-state index contributed by atoms with van der Waals surface area (Å²) in [4.78, 5) is -0.994. The molecule has 0 aromatic rings. The van der Waals surface area contributed by atoms with Crippen molar-refractivity contribution in [2.24, 2.45) is 0 Å². The quantitative estimate of drug-likeness (QED) is 0.505. The molecule has 1 atom stereocenters. The second-order valence-electron chi connectivity index (χ2n) is 0.686. The molecular formula is C2H2Cl3O. The van der Waals surface area contributed by atoms with Crippen LogP contribution in [0.2, 0.25) is 0 Å². The Balaban J connectivity index is 2.99. The molecule has 0 heterocycles. The zero-order valence-corrected chi connectivity index (χ0v) is 4.96. The standard InChI is InChI=1S/C2H2Cl3O/c3-1(4)2(5)6/h1-2H. The second kappa shape index (κ2) is 2.92. The molecule has 1 unspecified atom stereocenters. The van der Waals surface area contributed by atoms with Gasteiger partial charge in [0, 0.05) is 0 Å². The van der Waals surface area contributed by atoms with Crippen molar-refractivity contribution < 1.29 is 5.11 Å². The predicted molar refractivity (Wildman–Crippen MR) is 25.8 cm³/mol. The highest BCUT2D eigenvalue weighted by molar-refractivity contribution is 6.47. The van der Waals surface area contributed by atoms with E-state index in [-0.39, 0.29) is 0 Å². The topological polar surface area (TPSA) is 19.9 Å². The van der Waals surface area contributed by atoms with E-state index in [0.717, 1.165) is 0 Å². The molecule has 1 radical (unpaired) electrons. The van der Waals surface area contributed by atoms with Crippen molar-refractivity contribution in [1.82, 2.24) is 0 Å². The molecule has 0 saturated heterocycles. The first-order chi connectivity index (χ1) is 2.64. The Morgan fingerprint density at radius 3 is 1.33 bits per heavy atom. The van der Waals surface area contributed by atoms with Crippen molar-refractivity contribution in [3.63, 3.8) is 0 Å². The Kier molecular flexibility index (Phi) is 3.32. The molecule has 0 aliphatic carbocycles. The molecule has 1 nitrogen and oxygen atoms in total. The van der Waals surface area contributed by atoms with Gasteiger partial charge in [0.15, 0.2) is 10.4 Å². The van der Waals surface area contributed by atoms with Crippen LogP contribution in [-0.2, 0) is 5.11 Å². The molecule has 0 aliphatic heterocycles. The molecule has 37 valence electrons. The predicted octanol–water partition coefficient (Wildman–Crippen LogP) is 1.79. The SMILES string of the molecule is [O]C(Cl)C(Cl)Cl. The molecule has 0 aromatic carbocycles. The Morgan fingerprint density at radius 1 is 1.17 bits per heavy atom. The maximum absolute atomic E-state index is 9.73. The van der Waals surface area contributed by atoms with Crippen LogP contribution >= 0.6 is 34.8 Å². The molecule has 0 spiro atoms. The maximum atomic E-state index is 9.73. The van der Waals surface area contributed by atoms with Gasteiger partial charge in [0.05, 0.1) is 0 Å². The van der Waals surface area contributed by atoms with Gasteiger partial charge in [-0.1, -0.05) is 11.6 Å². The summed E-state index contributed by atoms with van der Waals surface area (Å²) in [6.07, 6.45) is 0. The zero-order valence-electron chi connectivity index (χ0n) is 2.70. The van der Waals surface area contributed by atoms with Gasteiger partial charge in [-0.3, -0.25) is 0 Å². The Morgan fingerprint density at radius 2 is 1.33 bits per heavy atom. The van der Waals surface area contributed by atoms with Crippen LogP contribution in [0.4, 0.5) is 0 Å². The van der Waals surface area contributed by atoms with Crippen LogP contribution in [0, 0.1) is 0 Å². The number of rotatable bonds is 1. The van der Waals surface area contributed by atoms with E-state index in [1.54, 1.807) is 0 Å². The number of hydrogen-bond donors (Lipinski definition) is 0. The number of alkyl halides is 3. The third kappa shape index (κ3) is 3.04. The molecule has 6 heavy (non-hydrogen) atoms. The number of hydrogen-bond acceptors (Lipinski definition) is 0. The van der Waals surface area contributed by atoms with Crippen LogP contribution in [0.3, 0.4) is 0 Å². The van der Waals surface area contributed by atoms with E-state index in [2.05, 4.69) is 0 Å². The van der Waals surface area contributed by atoms with Gasteiger partial charge in [0.25, 0.3) is 0 Å². The normalized spacial score (nSPS) is 15.5. The van der Waals surface area contributed by atoms with Crippen LogP contribution in [-0.4, -0.2) is 10.4 Å². The fourth-order valence-electron chi connectivity index (χ4n) is 0. The first-order valence-electron chi connectivity index (χ1n) is 1.22. The average molecular weight is 148 g/mol. The van der Waals surface area contributed by atoms with E-state index in [4.69, 9.17) is 34.8 Å². The van der Waals surface area contributed by atoms with E-state index >= 15 is 0 Å². The summed E-state index contributed by atoms with van der Waals surface area (Å²) in [5.41, 5.74) is -1.40. The lowest BCUT2D eigenvalue weighted by molar-refractivity contribution is 0.170. The summed E-state index contributed by atoms with van der Waals surface area (Å²) in [7, 11) is 0. The Labute approximate surface area is 50.8 Å². The summed E-state index contributed by atoms with van der Waals surface area (Å²) in [6.45, 7) is 0. The van der Waals surface area contributed by atoms with Crippen LogP contribution in [0.5, 0.6) is 0 Å². The molecule has 0 bridgehead atoms. The first kappa shape index (κ1) is 6.83. The minimum Gasteiger partial charge on any atom is -0.213 e. The van der Waals surface area contributed by atoms with Gasteiger partial charge in [-0.2, -0.15) is 0 Å². The molecule has 0 amide bonds. The molecule has 0 aliphatic rings. The Bertz CT molecular complexity index is 29.8. The average Bonchev–Trinajstić information content (AvgIpc) is 1.36. The fourth-order valence-corrected chi connectivity index (χ4v) is 0. The molecule has 0 aromatic heterocycles. The van der Waals surface area contributed by atoms with Crippen molar-refractivity contribution >= 4 is 34.8 Å². The molecule has 0 N–H and O–H groups in total. The highest BCUT2D eigenvalue weighted by Gasteiger charge is 2.08. The van der Waals surface area contributed by atoms with Gasteiger partial charge < -0.3 is 0 Å². The van der Waals surface area contributed by atoms with Gasteiger partial charge in [-0.25, -0.2) is 5.11 Å². The van der Waals surface area contributed by atoms with Gasteiger partial charge in [0.1, 0.15) is 0 Å². The van der Waals surface area contributed by atoms with Crippen LogP contribution < -0.4 is 0 Å². The highest BCUT2D eigenvalue weighted by Crippen LogP contribution is 2.10. The minimum absolute atomic E-state index is 0.994. The minimum atomic E-state index is -1.40. The first-order valence-corrected chi connectivity index (χ1v) is 2.53. The Hall–Kier alpha value is 0.830. The van der Waals surface area contributed by atoms with E-state index in [0.29, 0.717) is 0 Å². The summed E-state index contributed by atoms with van der Waals surface area (Å²) >= 11 is 14.7. The maximum Gasteiger partial charge on any atom is 0.196 e. The third-order valence-corrected chi connectivity index (χ3v) is 1.17. The summed E-state index contributed by atoms with van der Waals surface area (Å²) in [5, 5.41) is 9.73. The summed E-state index contributed by atoms with van der Waals surface area (Å²) < 4.78 is 0. The largest absolute Gasteiger partial charge is 0.213 e. The van der Waals surface area contributed by atoms with E-state index < -0.39 is 10.4 Å². The highest BCUT2D eigenvalue weighted by atomic mass is 35.5. The lowest BCUT2D eigenvalue weighted by atomic mass is 10.9. The summed E-state index contributed by atoms with van der Waals surface area (Å²) in [6, 6.07) is 0. The van der Waals surface area contributed by atoms with Crippen LogP contribution in [0.1, 0.15) is 0 Å². The van der Waals surface area contributed by atoms with Crippen molar-refractivity contribution in [3.05, 3.63) is 0 Å². The summed E-state index contributed by atoms with van der Waals surface area (Å²) in [5.74, 6) is 0. The van der Waals surface area contributed by atoms with Gasteiger partial charge in [0.2, 0.25) is 0 Å². The van der Waals surface area contributed by atoms with Gasteiger partial charge in [-0.05, 0) is 0 Å². The zero-order chi connectivity index (χ0) is 5.15. The fraction of sp³-hybridized carbons (Fsp3) is 1.00. The van der Waals surface area contributed by atoms with Crippen molar-refractivity contribution in [3.8, 4) is 0 Å². The van der Waals surface area contributed by atoms with E-state index in [1.807, 2.05) is 0 Å². The third-order valence-electron chi connectivity index (χ3n) is 0.198. The van der Waals surface area contributed by atoms with E-state index in [9.17, 15) is 5.11 Å². The lowest BCUT2D eigenvalue weighted by Gasteiger charge is -1.93. The lowest BCUT2D eigenvalue weighted by Crippen LogP contribution is -2.02. The van der Waals surface area contributed by atoms with Crippen molar-refractivity contribution in [1.29, 1.82) is 0 Å². The smallest absolute Gasteiger partial charge is 0.196 e. The van der Waals surface area contributed by atoms with Gasteiger partial charge >= 0.3 is 0 Å². The monoisotopic (exact) mass is 147 g/mol.